The quantitative estimate of drug-likeness (QED) is 0.848. The van der Waals surface area contributed by atoms with Crippen LogP contribution in [0.5, 0.6) is 0 Å². The van der Waals surface area contributed by atoms with Crippen molar-refractivity contribution in [3.05, 3.63) is 46.2 Å². The normalized spacial score (nSPS) is 24.1. The van der Waals surface area contributed by atoms with Gasteiger partial charge in [0, 0.05) is 42.7 Å². The molecule has 1 unspecified atom stereocenters. The van der Waals surface area contributed by atoms with Gasteiger partial charge in [-0.25, -0.2) is 4.98 Å². The molecule has 0 aromatic carbocycles. The Bertz CT molecular complexity index is 730. The van der Waals surface area contributed by atoms with E-state index in [2.05, 4.69) is 32.4 Å². The van der Waals surface area contributed by atoms with Crippen molar-refractivity contribution >= 4 is 17.2 Å². The number of thiophene rings is 1. The number of hydrogen-bond donors (Lipinski definition) is 0. The van der Waals surface area contributed by atoms with Crippen molar-refractivity contribution in [2.75, 3.05) is 26.2 Å². The Labute approximate surface area is 152 Å². The third-order valence-electron chi connectivity index (χ3n) is 5.43. The van der Waals surface area contributed by atoms with Crippen LogP contribution in [-0.2, 0) is 6.54 Å². The predicted octanol–water partition coefficient (Wildman–Crippen LogP) is 2.97. The number of amides is 1. The number of carbonyl (C=O) groups is 1. The van der Waals surface area contributed by atoms with E-state index in [-0.39, 0.29) is 11.3 Å². The van der Waals surface area contributed by atoms with Gasteiger partial charge in [0.25, 0.3) is 5.91 Å². The Balaban J connectivity index is 1.41. The van der Waals surface area contributed by atoms with Crippen LogP contribution in [0, 0.1) is 12.3 Å². The van der Waals surface area contributed by atoms with Gasteiger partial charge in [0.05, 0.1) is 11.9 Å². The number of aryl methyl sites for hydroxylation is 1. The minimum absolute atomic E-state index is 0.0276. The molecule has 132 valence electrons. The maximum Gasteiger partial charge on any atom is 0.274 e. The largest absolute Gasteiger partial charge is 0.337 e. The first-order valence-electron chi connectivity index (χ1n) is 8.96. The minimum Gasteiger partial charge on any atom is -0.337 e. The zero-order valence-corrected chi connectivity index (χ0v) is 15.5. The molecule has 4 rings (SSSR count). The molecule has 2 aromatic rings. The molecule has 1 atom stereocenters. The molecule has 2 aromatic heterocycles. The molecular formula is C19H24N4OS. The van der Waals surface area contributed by atoms with E-state index in [9.17, 15) is 4.79 Å². The maximum atomic E-state index is 12.7. The fourth-order valence-corrected chi connectivity index (χ4v) is 4.92. The number of aromatic nitrogens is 2. The van der Waals surface area contributed by atoms with Gasteiger partial charge >= 0.3 is 0 Å². The average Bonchev–Trinajstić information content (AvgIpc) is 3.26. The topological polar surface area (TPSA) is 49.3 Å². The van der Waals surface area contributed by atoms with Crippen molar-refractivity contribution in [1.82, 2.24) is 19.8 Å². The highest BCUT2D eigenvalue weighted by molar-refractivity contribution is 7.09. The second-order valence-corrected chi connectivity index (χ2v) is 8.45. The lowest BCUT2D eigenvalue weighted by molar-refractivity contribution is 0.0672. The van der Waals surface area contributed by atoms with Crippen molar-refractivity contribution in [3.63, 3.8) is 0 Å². The van der Waals surface area contributed by atoms with Crippen LogP contribution < -0.4 is 0 Å². The average molecular weight is 356 g/mol. The molecule has 6 heteroatoms. The Morgan fingerprint density at radius 2 is 2.16 bits per heavy atom. The first kappa shape index (κ1) is 16.7. The van der Waals surface area contributed by atoms with E-state index in [0.29, 0.717) is 5.69 Å². The van der Waals surface area contributed by atoms with Crippen molar-refractivity contribution in [1.29, 1.82) is 0 Å². The Morgan fingerprint density at radius 3 is 2.92 bits per heavy atom. The van der Waals surface area contributed by atoms with Crippen LogP contribution >= 0.6 is 11.3 Å². The molecule has 1 spiro atoms. The minimum atomic E-state index is 0.0276. The lowest BCUT2D eigenvalue weighted by Crippen LogP contribution is -2.44. The molecule has 0 radical (unpaired) electrons. The highest BCUT2D eigenvalue weighted by atomic mass is 32.1. The van der Waals surface area contributed by atoms with Crippen LogP contribution in [0.1, 0.15) is 40.3 Å². The molecular weight excluding hydrogens is 332 g/mol. The van der Waals surface area contributed by atoms with Gasteiger partial charge in [-0.3, -0.25) is 14.7 Å². The summed E-state index contributed by atoms with van der Waals surface area (Å²) in [4.78, 5) is 27.2. The lowest BCUT2D eigenvalue weighted by atomic mass is 9.79. The van der Waals surface area contributed by atoms with Gasteiger partial charge in [-0.05, 0) is 44.2 Å². The molecule has 1 amide bonds. The van der Waals surface area contributed by atoms with Gasteiger partial charge in [-0.1, -0.05) is 6.07 Å². The van der Waals surface area contributed by atoms with Crippen molar-refractivity contribution < 1.29 is 4.79 Å². The first-order chi connectivity index (χ1) is 12.1. The zero-order chi connectivity index (χ0) is 17.3. The molecule has 5 nitrogen and oxygen atoms in total. The Hall–Kier alpha value is -1.79. The second kappa shape index (κ2) is 6.84. The van der Waals surface area contributed by atoms with Crippen LogP contribution in [0.25, 0.3) is 0 Å². The molecule has 0 N–H and O–H groups in total. The van der Waals surface area contributed by atoms with E-state index < -0.39 is 0 Å². The van der Waals surface area contributed by atoms with E-state index in [1.54, 1.807) is 12.4 Å². The van der Waals surface area contributed by atoms with Crippen LogP contribution in [0.2, 0.25) is 0 Å². The van der Waals surface area contributed by atoms with Gasteiger partial charge in [-0.15, -0.1) is 11.3 Å². The van der Waals surface area contributed by atoms with Crippen molar-refractivity contribution in [3.8, 4) is 0 Å². The summed E-state index contributed by atoms with van der Waals surface area (Å²) in [6, 6.07) is 4.34. The third kappa shape index (κ3) is 3.60. The summed E-state index contributed by atoms with van der Waals surface area (Å²) in [6.07, 6.45) is 6.81. The van der Waals surface area contributed by atoms with E-state index in [1.165, 1.54) is 17.7 Å². The van der Waals surface area contributed by atoms with Crippen molar-refractivity contribution in [2.45, 2.75) is 32.7 Å². The van der Waals surface area contributed by atoms with E-state index in [0.717, 1.165) is 44.8 Å². The summed E-state index contributed by atoms with van der Waals surface area (Å²) >= 11 is 1.83. The fourth-order valence-electron chi connectivity index (χ4n) is 4.17. The number of carbonyl (C=O) groups excluding carboxylic acids is 1. The van der Waals surface area contributed by atoms with Gasteiger partial charge in [0.2, 0.25) is 0 Å². The first-order valence-corrected chi connectivity index (χ1v) is 9.84. The molecule has 0 saturated carbocycles. The smallest absolute Gasteiger partial charge is 0.274 e. The zero-order valence-electron chi connectivity index (χ0n) is 14.6. The van der Waals surface area contributed by atoms with Gasteiger partial charge in [-0.2, -0.15) is 0 Å². The van der Waals surface area contributed by atoms with E-state index in [1.807, 2.05) is 23.2 Å². The fraction of sp³-hybridized carbons (Fsp3) is 0.526. The molecule has 2 saturated heterocycles. The van der Waals surface area contributed by atoms with Crippen LogP contribution in [-0.4, -0.2) is 51.9 Å². The molecule has 4 heterocycles. The Morgan fingerprint density at radius 1 is 1.24 bits per heavy atom. The number of piperidine rings is 1. The summed E-state index contributed by atoms with van der Waals surface area (Å²) < 4.78 is 0. The van der Waals surface area contributed by atoms with Crippen LogP contribution in [0.15, 0.2) is 29.9 Å². The van der Waals surface area contributed by atoms with Gasteiger partial charge in [0.15, 0.2) is 0 Å². The van der Waals surface area contributed by atoms with Crippen LogP contribution in [0.3, 0.4) is 0 Å². The maximum absolute atomic E-state index is 12.7. The molecule has 2 aliphatic rings. The molecule has 2 aliphatic heterocycles. The summed E-state index contributed by atoms with van der Waals surface area (Å²) in [5.41, 5.74) is 1.56. The lowest BCUT2D eigenvalue weighted by Gasteiger charge is -2.40. The summed E-state index contributed by atoms with van der Waals surface area (Å²) in [7, 11) is 0. The molecule has 2 fully saturated rings. The summed E-state index contributed by atoms with van der Waals surface area (Å²) in [6.45, 7) is 6.86. The molecule has 25 heavy (non-hydrogen) atoms. The highest BCUT2D eigenvalue weighted by Gasteiger charge is 2.43. The van der Waals surface area contributed by atoms with Crippen molar-refractivity contribution in [2.24, 2.45) is 5.41 Å². The predicted molar refractivity (Wildman–Crippen MR) is 98.6 cm³/mol. The monoisotopic (exact) mass is 356 g/mol. The standard InChI is InChI=1S/C19H24N4OS/c1-15-10-21-17(11-20-15)18(24)23-8-6-19(14-23)5-3-7-22(13-19)12-16-4-2-9-25-16/h2,4,9-11H,3,5-8,12-14H2,1H3. The summed E-state index contributed by atoms with van der Waals surface area (Å²) in [5.74, 6) is 0.0276. The summed E-state index contributed by atoms with van der Waals surface area (Å²) in [5, 5.41) is 2.15. The number of rotatable bonds is 3. The van der Waals surface area contributed by atoms with E-state index in [4.69, 9.17) is 0 Å². The number of likely N-dealkylation sites (tertiary alicyclic amines) is 2. The molecule has 0 aliphatic carbocycles. The second-order valence-electron chi connectivity index (χ2n) is 7.41. The number of hydrogen-bond acceptors (Lipinski definition) is 5. The number of nitrogens with zero attached hydrogens (tertiary/aromatic N) is 4. The SMILES string of the molecule is Cc1cnc(C(=O)N2CCC3(CCCN(Cc4cccs4)C3)C2)cn1. The van der Waals surface area contributed by atoms with Gasteiger partial charge < -0.3 is 4.90 Å². The third-order valence-corrected chi connectivity index (χ3v) is 6.29. The highest BCUT2D eigenvalue weighted by Crippen LogP contribution is 2.39. The molecule has 0 bridgehead atoms. The van der Waals surface area contributed by atoms with Crippen LogP contribution in [0.4, 0.5) is 0 Å². The van der Waals surface area contributed by atoms with Gasteiger partial charge in [0.1, 0.15) is 5.69 Å². The Kier molecular flexibility index (Phi) is 4.56. The van der Waals surface area contributed by atoms with E-state index >= 15 is 0 Å².